The summed E-state index contributed by atoms with van der Waals surface area (Å²) >= 11 is 7.30. The van der Waals surface area contributed by atoms with Gasteiger partial charge in [0.05, 0.1) is 10.9 Å². The molecule has 0 saturated carbocycles. The summed E-state index contributed by atoms with van der Waals surface area (Å²) in [5.41, 5.74) is 0.643. The molecular weight excluding hydrogens is 356 g/mol. The molecule has 2 rings (SSSR count). The molecule has 112 valence electrons. The molecule has 20 heavy (non-hydrogen) atoms. The zero-order valence-electron chi connectivity index (χ0n) is 12.3. The first-order valence-corrected chi connectivity index (χ1v) is 9.77. The Hall–Kier alpha value is 0.0600. The highest BCUT2D eigenvalue weighted by Crippen LogP contribution is 2.43. The van der Waals surface area contributed by atoms with Gasteiger partial charge in [-0.25, -0.2) is 4.98 Å². The number of halogens is 1. The molecule has 1 aliphatic heterocycles. The molecule has 1 aliphatic rings. The molecule has 0 amide bonds. The van der Waals surface area contributed by atoms with Crippen LogP contribution >= 0.6 is 39.5 Å². The number of aromatic amines is 1. The highest BCUT2D eigenvalue weighted by atomic mass is 79.9. The van der Waals surface area contributed by atoms with Gasteiger partial charge in [0.1, 0.15) is 10.3 Å². The summed E-state index contributed by atoms with van der Waals surface area (Å²) in [6.07, 6.45) is 1.10. The first-order valence-electron chi connectivity index (χ1n) is 6.88. The second-order valence-electron chi connectivity index (χ2n) is 5.97. The van der Waals surface area contributed by atoms with Crippen LogP contribution < -0.4 is 5.56 Å². The SMILES string of the molecule is CCC1SCCSC1c1nc(C(C)(C)C)c(Br)c(=O)[nH]1. The lowest BCUT2D eigenvalue weighted by Crippen LogP contribution is -2.27. The molecule has 0 aliphatic carbocycles. The van der Waals surface area contributed by atoms with E-state index in [1.165, 1.54) is 5.75 Å². The van der Waals surface area contributed by atoms with Crippen molar-refractivity contribution in [1.29, 1.82) is 0 Å². The number of thioether (sulfide) groups is 2. The maximum absolute atomic E-state index is 12.2. The van der Waals surface area contributed by atoms with Gasteiger partial charge in [0.15, 0.2) is 0 Å². The fraction of sp³-hybridized carbons (Fsp3) is 0.714. The van der Waals surface area contributed by atoms with Crippen LogP contribution in [0.3, 0.4) is 0 Å². The second-order valence-corrected chi connectivity index (χ2v) is 9.36. The van der Waals surface area contributed by atoms with E-state index in [1.807, 2.05) is 23.5 Å². The zero-order chi connectivity index (χ0) is 14.9. The van der Waals surface area contributed by atoms with Gasteiger partial charge in [-0.3, -0.25) is 4.79 Å². The smallest absolute Gasteiger partial charge is 0.265 e. The Balaban J connectivity index is 2.47. The lowest BCUT2D eigenvalue weighted by Gasteiger charge is -2.30. The van der Waals surface area contributed by atoms with Crippen molar-refractivity contribution < 1.29 is 0 Å². The predicted molar refractivity (Wildman–Crippen MR) is 93.0 cm³/mol. The topological polar surface area (TPSA) is 45.8 Å². The van der Waals surface area contributed by atoms with Crippen molar-refractivity contribution in [2.45, 2.75) is 50.0 Å². The molecule has 0 radical (unpaired) electrons. The third kappa shape index (κ3) is 3.45. The molecule has 6 heteroatoms. The highest BCUT2D eigenvalue weighted by Gasteiger charge is 2.30. The van der Waals surface area contributed by atoms with Crippen LogP contribution in [0.4, 0.5) is 0 Å². The Kier molecular flexibility index (Phi) is 5.29. The van der Waals surface area contributed by atoms with E-state index in [0.717, 1.165) is 23.7 Å². The fourth-order valence-corrected chi connectivity index (χ4v) is 6.06. The predicted octanol–water partition coefficient (Wildman–Crippen LogP) is 4.13. The van der Waals surface area contributed by atoms with Gasteiger partial charge in [-0.2, -0.15) is 11.8 Å². The minimum absolute atomic E-state index is 0.0639. The van der Waals surface area contributed by atoms with Crippen molar-refractivity contribution >= 4 is 39.5 Å². The summed E-state index contributed by atoms with van der Waals surface area (Å²) < 4.78 is 0.565. The molecule has 1 aromatic heterocycles. The summed E-state index contributed by atoms with van der Waals surface area (Å²) in [5.74, 6) is 3.15. The van der Waals surface area contributed by atoms with Gasteiger partial charge in [-0.1, -0.05) is 27.7 Å². The van der Waals surface area contributed by atoms with E-state index in [-0.39, 0.29) is 11.0 Å². The van der Waals surface area contributed by atoms with Gasteiger partial charge < -0.3 is 4.98 Å². The summed E-state index contributed by atoms with van der Waals surface area (Å²) in [4.78, 5) is 20.0. The number of nitrogens with one attached hydrogen (secondary N) is 1. The first-order chi connectivity index (χ1) is 9.34. The first kappa shape index (κ1) is 16.4. The van der Waals surface area contributed by atoms with Gasteiger partial charge in [0, 0.05) is 22.2 Å². The van der Waals surface area contributed by atoms with Gasteiger partial charge >= 0.3 is 0 Å². The van der Waals surface area contributed by atoms with Gasteiger partial charge in [-0.15, -0.1) is 11.8 Å². The van der Waals surface area contributed by atoms with Crippen LogP contribution in [0.15, 0.2) is 9.27 Å². The average Bonchev–Trinajstić information content (AvgIpc) is 2.40. The van der Waals surface area contributed by atoms with Crippen molar-refractivity contribution in [2.75, 3.05) is 11.5 Å². The van der Waals surface area contributed by atoms with Crippen LogP contribution in [0.5, 0.6) is 0 Å². The third-order valence-electron chi connectivity index (χ3n) is 3.31. The summed E-state index contributed by atoms with van der Waals surface area (Å²) in [7, 11) is 0. The fourth-order valence-electron chi connectivity index (χ4n) is 2.26. The molecule has 1 aromatic rings. The minimum Gasteiger partial charge on any atom is -0.309 e. The Labute approximate surface area is 137 Å². The molecule has 1 N–H and O–H groups in total. The molecule has 0 aromatic carbocycles. The molecule has 0 spiro atoms. The lowest BCUT2D eigenvalue weighted by atomic mass is 9.92. The van der Waals surface area contributed by atoms with E-state index in [0.29, 0.717) is 15.0 Å². The van der Waals surface area contributed by atoms with E-state index in [1.54, 1.807) is 0 Å². The maximum atomic E-state index is 12.2. The molecule has 2 atom stereocenters. The average molecular weight is 377 g/mol. The van der Waals surface area contributed by atoms with Crippen molar-refractivity contribution in [2.24, 2.45) is 0 Å². The van der Waals surface area contributed by atoms with E-state index in [4.69, 9.17) is 4.98 Å². The second kappa shape index (κ2) is 6.44. The Morgan fingerprint density at radius 2 is 2.00 bits per heavy atom. The summed E-state index contributed by atoms with van der Waals surface area (Å²) in [6.45, 7) is 8.47. The number of aromatic nitrogens is 2. The van der Waals surface area contributed by atoms with Crippen LogP contribution in [0.25, 0.3) is 0 Å². The van der Waals surface area contributed by atoms with Crippen LogP contribution in [0, 0.1) is 0 Å². The molecule has 1 saturated heterocycles. The number of nitrogens with zero attached hydrogens (tertiary/aromatic N) is 1. The van der Waals surface area contributed by atoms with Crippen molar-refractivity contribution in [3.63, 3.8) is 0 Å². The Morgan fingerprint density at radius 3 is 2.60 bits per heavy atom. The van der Waals surface area contributed by atoms with E-state index < -0.39 is 0 Å². The van der Waals surface area contributed by atoms with Gasteiger partial charge in [-0.05, 0) is 22.4 Å². The van der Waals surface area contributed by atoms with Crippen LogP contribution in [-0.4, -0.2) is 26.7 Å². The van der Waals surface area contributed by atoms with Crippen LogP contribution in [0.2, 0.25) is 0 Å². The number of H-pyrrole nitrogens is 1. The molecule has 1 fully saturated rings. The molecule has 2 heterocycles. The zero-order valence-corrected chi connectivity index (χ0v) is 15.5. The monoisotopic (exact) mass is 376 g/mol. The number of rotatable bonds is 2. The highest BCUT2D eigenvalue weighted by molar-refractivity contribution is 9.10. The van der Waals surface area contributed by atoms with E-state index >= 15 is 0 Å². The maximum Gasteiger partial charge on any atom is 0.265 e. The number of hydrogen-bond acceptors (Lipinski definition) is 4. The molecule has 3 nitrogen and oxygen atoms in total. The van der Waals surface area contributed by atoms with Gasteiger partial charge in [0.2, 0.25) is 0 Å². The third-order valence-corrected chi connectivity index (χ3v) is 7.30. The van der Waals surface area contributed by atoms with Crippen LogP contribution in [0.1, 0.15) is 50.9 Å². The normalized spacial score (nSPS) is 23.9. The van der Waals surface area contributed by atoms with Gasteiger partial charge in [0.25, 0.3) is 5.56 Å². The van der Waals surface area contributed by atoms with Crippen molar-refractivity contribution in [3.05, 3.63) is 26.3 Å². The van der Waals surface area contributed by atoms with Crippen molar-refractivity contribution in [1.82, 2.24) is 9.97 Å². The quantitative estimate of drug-likeness (QED) is 0.842. The molecule has 2 unspecified atom stereocenters. The molecular formula is C14H21BrN2OS2. The standard InChI is InChI=1S/C14H21BrN2OS2/c1-5-8-10(20-7-6-19-8)12-16-11(14(2,3)4)9(15)13(18)17-12/h8,10H,5-7H2,1-4H3,(H,16,17,18). The lowest BCUT2D eigenvalue weighted by molar-refractivity contribution is 0.553. The summed E-state index contributed by atoms with van der Waals surface area (Å²) in [6, 6.07) is 0. The minimum atomic E-state index is -0.143. The Bertz CT molecular complexity index is 539. The van der Waals surface area contributed by atoms with E-state index in [9.17, 15) is 4.79 Å². The van der Waals surface area contributed by atoms with E-state index in [2.05, 4.69) is 48.6 Å². The van der Waals surface area contributed by atoms with Crippen LogP contribution in [-0.2, 0) is 5.41 Å². The Morgan fingerprint density at radius 1 is 1.35 bits per heavy atom. The number of hydrogen-bond donors (Lipinski definition) is 1. The summed E-state index contributed by atoms with van der Waals surface area (Å²) in [5, 5.41) is 0.826. The largest absolute Gasteiger partial charge is 0.309 e. The molecule has 0 bridgehead atoms. The van der Waals surface area contributed by atoms with Crippen molar-refractivity contribution in [3.8, 4) is 0 Å².